The summed E-state index contributed by atoms with van der Waals surface area (Å²) in [6.07, 6.45) is 0.213. The number of rotatable bonds is 7. The lowest BCUT2D eigenvalue weighted by Gasteiger charge is -2.35. The summed E-state index contributed by atoms with van der Waals surface area (Å²) in [7, 11) is 1.45. The molecule has 2 amide bonds. The molecular weight excluding hydrogens is 465 g/mol. The maximum Gasteiger partial charge on any atom is 0.225 e. The quantitative estimate of drug-likeness (QED) is 0.643. The molecule has 0 aliphatic carbocycles. The van der Waals surface area contributed by atoms with E-state index >= 15 is 0 Å². The third-order valence-electron chi connectivity index (χ3n) is 5.38. The molecule has 2 aromatic rings. The predicted molar refractivity (Wildman–Crippen MR) is 120 cm³/mol. The molecule has 3 rings (SSSR count). The minimum absolute atomic E-state index is 0.0109. The van der Waals surface area contributed by atoms with E-state index in [0.717, 1.165) is 15.6 Å². The number of hydrogen-bond donors (Lipinski definition) is 1. The summed E-state index contributed by atoms with van der Waals surface area (Å²) in [5.74, 6) is -0.293. The van der Waals surface area contributed by atoms with Crippen LogP contribution in [-0.4, -0.2) is 54.9 Å². The van der Waals surface area contributed by atoms with Gasteiger partial charge in [-0.2, -0.15) is 0 Å². The first-order chi connectivity index (χ1) is 14.9. The molecule has 1 heterocycles. The van der Waals surface area contributed by atoms with E-state index in [0.29, 0.717) is 32.7 Å². The Labute approximate surface area is 190 Å². The first kappa shape index (κ1) is 23.2. The molecule has 1 aliphatic heterocycles. The second kappa shape index (κ2) is 10.7. The van der Waals surface area contributed by atoms with Gasteiger partial charge >= 0.3 is 0 Å². The summed E-state index contributed by atoms with van der Waals surface area (Å²) >= 11 is 3.40. The molecule has 1 atom stereocenters. The molecule has 8 heteroatoms. The Bertz CT molecular complexity index is 915. The molecule has 31 heavy (non-hydrogen) atoms. The van der Waals surface area contributed by atoms with Crippen molar-refractivity contribution in [3.8, 4) is 5.75 Å². The zero-order valence-corrected chi connectivity index (χ0v) is 19.3. The number of hydrogen-bond acceptors (Lipinski definition) is 4. The summed E-state index contributed by atoms with van der Waals surface area (Å²) in [5.41, 5.74) is 1.77. The molecule has 0 aromatic heterocycles. The van der Waals surface area contributed by atoms with E-state index in [2.05, 4.69) is 26.1 Å². The highest BCUT2D eigenvalue weighted by atomic mass is 79.9. The largest absolute Gasteiger partial charge is 0.494 e. The maximum absolute atomic E-state index is 13.9. The van der Waals surface area contributed by atoms with Gasteiger partial charge in [0.15, 0.2) is 11.6 Å². The van der Waals surface area contributed by atoms with Crippen LogP contribution in [0.1, 0.15) is 30.5 Å². The number of carbonyl (C=O) groups excluding carboxylic acids is 2. The lowest BCUT2D eigenvalue weighted by molar-refractivity contribution is -0.133. The number of ether oxygens (including phenoxy) is 1. The van der Waals surface area contributed by atoms with E-state index < -0.39 is 0 Å². The van der Waals surface area contributed by atoms with Crippen LogP contribution in [-0.2, 0) is 16.1 Å². The van der Waals surface area contributed by atoms with Crippen molar-refractivity contribution < 1.29 is 18.7 Å². The molecule has 166 valence electrons. The Balaban J connectivity index is 1.55. The van der Waals surface area contributed by atoms with Gasteiger partial charge in [-0.3, -0.25) is 14.5 Å². The van der Waals surface area contributed by atoms with Crippen LogP contribution in [0.3, 0.4) is 0 Å². The standard InChI is InChI=1S/C23H27BrFN3O3/c1-16(29)26-21(18-4-6-19(24)7-5-18)14-23(30)28-11-9-27(10-12-28)15-17-3-8-22(31-2)20(25)13-17/h3-8,13,21H,9-12,14-15H2,1-2H3,(H,26,29). The fourth-order valence-corrected chi connectivity index (χ4v) is 3.98. The zero-order chi connectivity index (χ0) is 22.4. The minimum atomic E-state index is -0.370. The average Bonchev–Trinajstić information content (AvgIpc) is 2.74. The number of nitrogens with one attached hydrogen (secondary N) is 1. The molecule has 2 aromatic carbocycles. The molecule has 6 nitrogen and oxygen atoms in total. The van der Waals surface area contributed by atoms with E-state index in [4.69, 9.17) is 4.74 Å². The Hall–Kier alpha value is -2.45. The van der Waals surface area contributed by atoms with Crippen molar-refractivity contribution >= 4 is 27.7 Å². The van der Waals surface area contributed by atoms with Gasteiger partial charge in [-0.1, -0.05) is 34.1 Å². The Kier molecular flexibility index (Phi) is 8.03. The number of amides is 2. The van der Waals surface area contributed by atoms with Crippen LogP contribution in [0.15, 0.2) is 46.9 Å². The van der Waals surface area contributed by atoms with Crippen LogP contribution in [0.5, 0.6) is 5.75 Å². The van der Waals surface area contributed by atoms with E-state index in [1.54, 1.807) is 6.07 Å². The smallest absolute Gasteiger partial charge is 0.225 e. The monoisotopic (exact) mass is 491 g/mol. The van der Waals surface area contributed by atoms with Crippen molar-refractivity contribution in [2.75, 3.05) is 33.3 Å². The second-order valence-electron chi connectivity index (χ2n) is 7.63. The van der Waals surface area contributed by atoms with Crippen LogP contribution in [0.2, 0.25) is 0 Å². The van der Waals surface area contributed by atoms with Crippen LogP contribution in [0.4, 0.5) is 4.39 Å². The van der Waals surface area contributed by atoms with Crippen molar-refractivity contribution in [3.63, 3.8) is 0 Å². The first-order valence-electron chi connectivity index (χ1n) is 10.2. The van der Waals surface area contributed by atoms with Gasteiger partial charge in [0, 0.05) is 44.1 Å². The molecule has 0 radical (unpaired) electrons. The Morgan fingerprint density at radius 1 is 1.13 bits per heavy atom. The van der Waals surface area contributed by atoms with Gasteiger partial charge in [-0.05, 0) is 35.4 Å². The highest BCUT2D eigenvalue weighted by Gasteiger charge is 2.25. The Morgan fingerprint density at radius 2 is 1.81 bits per heavy atom. The second-order valence-corrected chi connectivity index (χ2v) is 8.55. The first-order valence-corrected chi connectivity index (χ1v) is 11.0. The fourth-order valence-electron chi connectivity index (χ4n) is 3.72. The van der Waals surface area contributed by atoms with E-state index in [1.165, 1.54) is 20.1 Å². The minimum Gasteiger partial charge on any atom is -0.494 e. The van der Waals surface area contributed by atoms with Crippen LogP contribution < -0.4 is 10.1 Å². The summed E-state index contributed by atoms with van der Waals surface area (Å²) in [6, 6.07) is 12.2. The maximum atomic E-state index is 13.9. The highest BCUT2D eigenvalue weighted by molar-refractivity contribution is 9.10. The van der Waals surface area contributed by atoms with Gasteiger partial charge in [0.05, 0.1) is 19.6 Å². The average molecular weight is 492 g/mol. The van der Waals surface area contributed by atoms with Gasteiger partial charge in [-0.25, -0.2) is 4.39 Å². The topological polar surface area (TPSA) is 61.9 Å². The van der Waals surface area contributed by atoms with Gasteiger partial charge < -0.3 is 15.0 Å². The molecule has 0 bridgehead atoms. The third kappa shape index (κ3) is 6.51. The van der Waals surface area contributed by atoms with Crippen molar-refractivity contribution in [2.45, 2.75) is 25.9 Å². The van der Waals surface area contributed by atoms with Crippen LogP contribution in [0, 0.1) is 5.82 Å². The highest BCUT2D eigenvalue weighted by Crippen LogP contribution is 2.22. The predicted octanol–water partition coefficient (Wildman–Crippen LogP) is 3.51. The molecule has 0 saturated carbocycles. The van der Waals surface area contributed by atoms with E-state index in [-0.39, 0.29) is 35.8 Å². The summed E-state index contributed by atoms with van der Waals surface area (Å²) in [4.78, 5) is 28.6. The fraction of sp³-hybridized carbons (Fsp3) is 0.391. The van der Waals surface area contributed by atoms with Crippen molar-refractivity contribution in [1.82, 2.24) is 15.1 Å². The van der Waals surface area contributed by atoms with Gasteiger partial charge in [0.1, 0.15) is 0 Å². The number of piperazine rings is 1. The van der Waals surface area contributed by atoms with Crippen LogP contribution >= 0.6 is 15.9 Å². The van der Waals surface area contributed by atoms with Crippen molar-refractivity contribution in [2.24, 2.45) is 0 Å². The number of methoxy groups -OCH3 is 1. The van der Waals surface area contributed by atoms with Gasteiger partial charge in [0.2, 0.25) is 11.8 Å². The van der Waals surface area contributed by atoms with E-state index in [1.807, 2.05) is 35.2 Å². The summed E-state index contributed by atoms with van der Waals surface area (Å²) < 4.78 is 19.8. The normalized spacial score (nSPS) is 15.4. The number of benzene rings is 2. The van der Waals surface area contributed by atoms with Crippen molar-refractivity contribution in [1.29, 1.82) is 0 Å². The molecule has 1 unspecified atom stereocenters. The lowest BCUT2D eigenvalue weighted by Crippen LogP contribution is -2.49. The van der Waals surface area contributed by atoms with Crippen molar-refractivity contribution in [3.05, 3.63) is 63.9 Å². The number of nitrogens with zero attached hydrogens (tertiary/aromatic N) is 2. The molecular formula is C23H27BrFN3O3. The lowest BCUT2D eigenvalue weighted by atomic mass is 10.0. The summed E-state index contributed by atoms with van der Waals surface area (Å²) in [5, 5.41) is 2.88. The molecule has 1 saturated heterocycles. The molecule has 1 aliphatic rings. The third-order valence-corrected chi connectivity index (χ3v) is 5.90. The number of carbonyl (C=O) groups is 2. The molecule has 1 N–H and O–H groups in total. The molecule has 0 spiro atoms. The van der Waals surface area contributed by atoms with E-state index in [9.17, 15) is 14.0 Å². The summed E-state index contributed by atoms with van der Waals surface area (Å²) in [6.45, 7) is 4.70. The number of halogens is 2. The van der Waals surface area contributed by atoms with Gasteiger partial charge in [-0.15, -0.1) is 0 Å². The Morgan fingerprint density at radius 3 is 2.39 bits per heavy atom. The van der Waals surface area contributed by atoms with Crippen LogP contribution in [0.25, 0.3) is 0 Å². The molecule has 1 fully saturated rings. The SMILES string of the molecule is COc1ccc(CN2CCN(C(=O)CC(NC(C)=O)c3ccc(Br)cc3)CC2)cc1F. The zero-order valence-electron chi connectivity index (χ0n) is 17.7. The van der Waals surface area contributed by atoms with Gasteiger partial charge in [0.25, 0.3) is 0 Å².